The minimum absolute atomic E-state index is 0.0185. The van der Waals surface area contributed by atoms with Gasteiger partial charge in [0, 0.05) is 31.6 Å². The third-order valence-electron chi connectivity index (χ3n) is 5.59. The standard InChI is InChI=1S/C20H22N2O/c1-21-17-11-7-6-10-16(17)20(14-15-8-4-3-5-9-15)13-12-18(23)22(2)19(20)21/h3-11,19H,12-14H2,1-2H3/t19-,20+/m0/s1. The summed E-state index contributed by atoms with van der Waals surface area (Å²) in [7, 11) is 4.07. The van der Waals surface area contributed by atoms with Crippen LogP contribution in [0.5, 0.6) is 0 Å². The summed E-state index contributed by atoms with van der Waals surface area (Å²) in [5, 5.41) is 0. The summed E-state index contributed by atoms with van der Waals surface area (Å²) >= 11 is 0. The van der Waals surface area contributed by atoms with Crippen LogP contribution >= 0.6 is 0 Å². The van der Waals surface area contributed by atoms with Crippen LogP contribution in [0.3, 0.4) is 0 Å². The van der Waals surface area contributed by atoms with Crippen LogP contribution in [-0.4, -0.2) is 31.1 Å². The van der Waals surface area contributed by atoms with Gasteiger partial charge in [-0.15, -0.1) is 0 Å². The Bertz CT molecular complexity index is 742. The number of anilines is 1. The van der Waals surface area contributed by atoms with Gasteiger partial charge in [-0.2, -0.15) is 0 Å². The van der Waals surface area contributed by atoms with Crippen LogP contribution < -0.4 is 4.90 Å². The number of para-hydroxylation sites is 1. The van der Waals surface area contributed by atoms with Gasteiger partial charge in [0.25, 0.3) is 0 Å². The molecule has 118 valence electrons. The highest BCUT2D eigenvalue weighted by atomic mass is 16.2. The molecule has 0 radical (unpaired) electrons. The number of likely N-dealkylation sites (N-methyl/N-ethyl adjacent to an activating group) is 2. The van der Waals surface area contributed by atoms with Crippen molar-refractivity contribution in [3.63, 3.8) is 0 Å². The fourth-order valence-electron chi connectivity index (χ4n) is 4.62. The number of carbonyl (C=O) groups is 1. The third-order valence-corrected chi connectivity index (χ3v) is 5.59. The average molecular weight is 306 g/mol. The SMILES string of the molecule is CN1C(=O)CC[C@@]2(Cc3ccccc3)c3ccccc3N(C)[C@@H]12. The van der Waals surface area contributed by atoms with E-state index in [9.17, 15) is 4.79 Å². The van der Waals surface area contributed by atoms with E-state index in [0.717, 1.165) is 12.8 Å². The molecular weight excluding hydrogens is 284 g/mol. The maximum Gasteiger partial charge on any atom is 0.224 e. The van der Waals surface area contributed by atoms with Crippen LogP contribution in [0.25, 0.3) is 0 Å². The Balaban J connectivity index is 1.87. The number of carbonyl (C=O) groups excluding carboxylic acids is 1. The highest BCUT2D eigenvalue weighted by Gasteiger charge is 2.54. The van der Waals surface area contributed by atoms with Crippen LogP contribution in [0.4, 0.5) is 5.69 Å². The summed E-state index contributed by atoms with van der Waals surface area (Å²) in [5.74, 6) is 0.248. The molecule has 3 nitrogen and oxygen atoms in total. The van der Waals surface area contributed by atoms with Gasteiger partial charge >= 0.3 is 0 Å². The summed E-state index contributed by atoms with van der Waals surface area (Å²) < 4.78 is 0. The zero-order chi connectivity index (χ0) is 16.0. The zero-order valence-electron chi connectivity index (χ0n) is 13.7. The molecule has 2 aromatic carbocycles. The smallest absolute Gasteiger partial charge is 0.224 e. The number of benzene rings is 2. The van der Waals surface area contributed by atoms with E-state index in [4.69, 9.17) is 0 Å². The summed E-state index contributed by atoms with van der Waals surface area (Å²) in [6, 6.07) is 19.3. The largest absolute Gasteiger partial charge is 0.353 e. The molecule has 2 aliphatic rings. The molecule has 0 aromatic heterocycles. The molecule has 2 heterocycles. The monoisotopic (exact) mass is 306 g/mol. The van der Waals surface area contributed by atoms with E-state index in [1.807, 2.05) is 11.9 Å². The number of nitrogens with zero attached hydrogens (tertiary/aromatic N) is 2. The quantitative estimate of drug-likeness (QED) is 0.850. The Labute approximate surface area is 137 Å². The maximum atomic E-state index is 12.3. The summed E-state index contributed by atoms with van der Waals surface area (Å²) in [6.07, 6.45) is 2.61. The van der Waals surface area contributed by atoms with E-state index in [-0.39, 0.29) is 17.5 Å². The highest BCUT2D eigenvalue weighted by molar-refractivity contribution is 5.80. The molecular formula is C20H22N2O. The molecule has 0 aliphatic carbocycles. The molecule has 4 rings (SSSR count). The first kappa shape index (κ1) is 14.3. The van der Waals surface area contributed by atoms with Crippen molar-refractivity contribution in [3.8, 4) is 0 Å². The lowest BCUT2D eigenvalue weighted by atomic mass is 9.69. The van der Waals surface area contributed by atoms with Gasteiger partial charge < -0.3 is 9.80 Å². The molecule has 3 heteroatoms. The van der Waals surface area contributed by atoms with Crippen LogP contribution in [-0.2, 0) is 16.6 Å². The molecule has 2 atom stereocenters. The lowest BCUT2D eigenvalue weighted by Gasteiger charge is -2.47. The van der Waals surface area contributed by atoms with Gasteiger partial charge in [-0.25, -0.2) is 0 Å². The Kier molecular flexibility index (Phi) is 3.19. The Hall–Kier alpha value is -2.29. The first-order valence-electron chi connectivity index (χ1n) is 8.25. The summed E-state index contributed by atoms with van der Waals surface area (Å²) in [4.78, 5) is 16.6. The minimum atomic E-state index is -0.0185. The summed E-state index contributed by atoms with van der Waals surface area (Å²) in [5.41, 5.74) is 3.96. The van der Waals surface area contributed by atoms with Crippen molar-refractivity contribution in [3.05, 3.63) is 65.7 Å². The van der Waals surface area contributed by atoms with Crippen LogP contribution in [0.1, 0.15) is 24.0 Å². The van der Waals surface area contributed by atoms with Gasteiger partial charge in [-0.05, 0) is 30.0 Å². The zero-order valence-corrected chi connectivity index (χ0v) is 13.7. The van der Waals surface area contributed by atoms with Crippen LogP contribution in [0.15, 0.2) is 54.6 Å². The van der Waals surface area contributed by atoms with Crippen molar-refractivity contribution in [2.75, 3.05) is 19.0 Å². The second kappa shape index (κ2) is 5.12. The number of rotatable bonds is 2. The van der Waals surface area contributed by atoms with E-state index in [0.29, 0.717) is 6.42 Å². The van der Waals surface area contributed by atoms with Crippen molar-refractivity contribution < 1.29 is 4.79 Å². The predicted octanol–water partition coefficient (Wildman–Crippen LogP) is 3.20. The van der Waals surface area contributed by atoms with Crippen molar-refractivity contribution in [1.29, 1.82) is 0 Å². The van der Waals surface area contributed by atoms with E-state index in [1.54, 1.807) is 0 Å². The van der Waals surface area contributed by atoms with Crippen molar-refractivity contribution >= 4 is 11.6 Å². The van der Waals surface area contributed by atoms with E-state index >= 15 is 0 Å². The summed E-state index contributed by atoms with van der Waals surface area (Å²) in [6.45, 7) is 0. The Morgan fingerprint density at radius 2 is 1.70 bits per heavy atom. The van der Waals surface area contributed by atoms with Gasteiger partial charge in [0.05, 0.1) is 0 Å². The third kappa shape index (κ3) is 1.99. The first-order chi connectivity index (χ1) is 11.1. The second-order valence-electron chi connectivity index (χ2n) is 6.82. The molecule has 2 aromatic rings. The number of amides is 1. The van der Waals surface area contributed by atoms with Crippen LogP contribution in [0.2, 0.25) is 0 Å². The molecule has 0 saturated carbocycles. The fourth-order valence-corrected chi connectivity index (χ4v) is 4.62. The van der Waals surface area contributed by atoms with E-state index in [1.165, 1.54) is 16.8 Å². The van der Waals surface area contributed by atoms with Gasteiger partial charge in [0.2, 0.25) is 5.91 Å². The molecule has 0 spiro atoms. The number of hydrogen-bond acceptors (Lipinski definition) is 2. The lowest BCUT2D eigenvalue weighted by molar-refractivity contribution is -0.137. The van der Waals surface area contributed by atoms with Gasteiger partial charge in [0.1, 0.15) is 6.17 Å². The second-order valence-corrected chi connectivity index (χ2v) is 6.82. The number of fused-ring (bicyclic) bond motifs is 3. The molecule has 1 saturated heterocycles. The molecule has 0 unspecified atom stereocenters. The average Bonchev–Trinajstić information content (AvgIpc) is 2.83. The van der Waals surface area contributed by atoms with Gasteiger partial charge in [-0.1, -0.05) is 48.5 Å². The van der Waals surface area contributed by atoms with Gasteiger partial charge in [-0.3, -0.25) is 4.79 Å². The molecule has 0 N–H and O–H groups in total. The van der Waals surface area contributed by atoms with Crippen LogP contribution in [0, 0.1) is 0 Å². The van der Waals surface area contributed by atoms with Gasteiger partial charge in [0.15, 0.2) is 0 Å². The van der Waals surface area contributed by atoms with Crippen molar-refractivity contribution in [1.82, 2.24) is 4.90 Å². The van der Waals surface area contributed by atoms with Crippen molar-refractivity contribution in [2.24, 2.45) is 0 Å². The molecule has 1 fully saturated rings. The number of hydrogen-bond donors (Lipinski definition) is 0. The number of likely N-dealkylation sites (tertiary alicyclic amines) is 1. The number of piperidine rings is 1. The molecule has 0 bridgehead atoms. The normalized spacial score (nSPS) is 26.2. The molecule has 1 amide bonds. The predicted molar refractivity (Wildman–Crippen MR) is 92.5 cm³/mol. The molecule has 2 aliphatic heterocycles. The lowest BCUT2D eigenvalue weighted by Crippen LogP contribution is -2.59. The first-order valence-corrected chi connectivity index (χ1v) is 8.25. The van der Waals surface area contributed by atoms with E-state index in [2.05, 4.69) is 66.5 Å². The molecule has 23 heavy (non-hydrogen) atoms. The Morgan fingerprint density at radius 3 is 2.48 bits per heavy atom. The topological polar surface area (TPSA) is 23.6 Å². The van der Waals surface area contributed by atoms with Crippen molar-refractivity contribution in [2.45, 2.75) is 30.8 Å². The Morgan fingerprint density at radius 1 is 1.00 bits per heavy atom. The minimum Gasteiger partial charge on any atom is -0.353 e. The van der Waals surface area contributed by atoms with E-state index < -0.39 is 0 Å². The fraction of sp³-hybridized carbons (Fsp3) is 0.350. The maximum absolute atomic E-state index is 12.3. The highest BCUT2D eigenvalue weighted by Crippen LogP contribution is 2.52.